The van der Waals surface area contributed by atoms with Crippen molar-refractivity contribution in [3.05, 3.63) is 0 Å². The lowest BCUT2D eigenvalue weighted by Crippen LogP contribution is -2.55. The minimum Gasteiger partial charge on any atom is -0.389 e. The Morgan fingerprint density at radius 3 is 1.88 bits per heavy atom. The van der Waals surface area contributed by atoms with Crippen LogP contribution in [0.15, 0.2) is 0 Å². The van der Waals surface area contributed by atoms with Gasteiger partial charge in [-0.2, -0.15) is 0 Å². The third-order valence-electron chi connectivity index (χ3n) is 3.65. The second-order valence-corrected chi connectivity index (χ2v) is 6.28. The molecule has 1 N–H and O–H groups in total. The molecule has 0 aromatic carbocycles. The van der Waals surface area contributed by atoms with E-state index in [4.69, 9.17) is 0 Å². The van der Waals surface area contributed by atoms with E-state index < -0.39 is 5.60 Å². The third kappa shape index (κ3) is 4.04. The molecule has 96 valence electrons. The molecule has 1 fully saturated rings. The molecule has 0 aromatic heterocycles. The van der Waals surface area contributed by atoms with Crippen LogP contribution < -0.4 is 0 Å². The van der Waals surface area contributed by atoms with E-state index in [1.54, 1.807) is 0 Å². The zero-order chi connectivity index (χ0) is 12.4. The maximum atomic E-state index is 10.0. The summed E-state index contributed by atoms with van der Waals surface area (Å²) in [4.78, 5) is 4.90. The number of hydrogen-bond acceptors (Lipinski definition) is 3. The third-order valence-corrected chi connectivity index (χ3v) is 3.65. The highest BCUT2D eigenvalue weighted by Gasteiger charge is 2.28. The summed E-state index contributed by atoms with van der Waals surface area (Å²) in [6.07, 6.45) is 0.826. The summed E-state index contributed by atoms with van der Waals surface area (Å²) in [5.41, 5.74) is -0.247. The first-order valence-electron chi connectivity index (χ1n) is 6.44. The fraction of sp³-hybridized carbons (Fsp3) is 1.00. The summed E-state index contributed by atoms with van der Waals surface area (Å²) in [5, 5.41) is 10.0. The first-order chi connectivity index (χ1) is 7.24. The van der Waals surface area contributed by atoms with Gasteiger partial charge in [-0.1, -0.05) is 6.92 Å². The van der Waals surface area contributed by atoms with Crippen molar-refractivity contribution < 1.29 is 5.11 Å². The van der Waals surface area contributed by atoms with Crippen LogP contribution >= 0.6 is 0 Å². The Morgan fingerprint density at radius 2 is 1.50 bits per heavy atom. The van der Waals surface area contributed by atoms with E-state index in [-0.39, 0.29) is 5.54 Å². The summed E-state index contributed by atoms with van der Waals surface area (Å²) >= 11 is 0. The highest BCUT2D eigenvalue weighted by Crippen LogP contribution is 2.18. The van der Waals surface area contributed by atoms with E-state index in [1.807, 2.05) is 13.8 Å². The molecule has 1 saturated heterocycles. The first kappa shape index (κ1) is 13.9. The summed E-state index contributed by atoms with van der Waals surface area (Å²) in [6.45, 7) is 16.0. The Bertz CT molecular complexity index is 212. The lowest BCUT2D eigenvalue weighted by Gasteiger charge is -2.43. The fourth-order valence-electron chi connectivity index (χ4n) is 2.17. The Kier molecular flexibility index (Phi) is 4.38. The molecule has 1 heterocycles. The molecule has 3 nitrogen and oxygen atoms in total. The van der Waals surface area contributed by atoms with Gasteiger partial charge in [0.25, 0.3) is 0 Å². The van der Waals surface area contributed by atoms with E-state index in [0.717, 1.165) is 39.1 Å². The molecule has 0 aliphatic carbocycles. The molecular weight excluding hydrogens is 200 g/mol. The largest absolute Gasteiger partial charge is 0.389 e. The molecule has 0 bridgehead atoms. The van der Waals surface area contributed by atoms with Crippen LogP contribution in [0.5, 0.6) is 0 Å². The van der Waals surface area contributed by atoms with Gasteiger partial charge < -0.3 is 5.11 Å². The molecule has 0 amide bonds. The van der Waals surface area contributed by atoms with E-state index in [2.05, 4.69) is 30.6 Å². The predicted molar refractivity (Wildman–Crippen MR) is 68.7 cm³/mol. The van der Waals surface area contributed by atoms with Crippen LogP contribution in [-0.2, 0) is 0 Å². The van der Waals surface area contributed by atoms with Crippen molar-refractivity contribution in [1.82, 2.24) is 9.80 Å². The fourth-order valence-corrected chi connectivity index (χ4v) is 2.17. The quantitative estimate of drug-likeness (QED) is 0.794. The number of piperazine rings is 1. The molecule has 0 saturated carbocycles. The molecule has 0 spiro atoms. The van der Waals surface area contributed by atoms with Crippen LogP contribution in [-0.4, -0.2) is 58.8 Å². The molecule has 1 aliphatic heterocycles. The highest BCUT2D eigenvalue weighted by molar-refractivity contribution is 4.84. The maximum Gasteiger partial charge on any atom is 0.0743 e. The van der Waals surface area contributed by atoms with Crippen molar-refractivity contribution in [2.45, 2.75) is 52.2 Å². The zero-order valence-electron chi connectivity index (χ0n) is 11.6. The van der Waals surface area contributed by atoms with Crippen molar-refractivity contribution in [1.29, 1.82) is 0 Å². The summed E-state index contributed by atoms with van der Waals surface area (Å²) in [7, 11) is 0. The van der Waals surface area contributed by atoms with Crippen LogP contribution in [0.1, 0.15) is 41.0 Å². The molecule has 1 aliphatic rings. The van der Waals surface area contributed by atoms with Gasteiger partial charge in [-0.05, 0) is 34.1 Å². The number of aliphatic hydroxyl groups is 1. The number of nitrogens with zero attached hydrogens (tertiary/aromatic N) is 2. The van der Waals surface area contributed by atoms with Crippen molar-refractivity contribution in [2.24, 2.45) is 0 Å². The van der Waals surface area contributed by atoms with E-state index in [1.165, 1.54) is 0 Å². The lowest BCUT2D eigenvalue weighted by atomic mass is 10.0. The van der Waals surface area contributed by atoms with Crippen molar-refractivity contribution >= 4 is 0 Å². The molecule has 0 radical (unpaired) electrons. The number of rotatable bonds is 3. The summed E-state index contributed by atoms with van der Waals surface area (Å²) in [5.74, 6) is 0. The van der Waals surface area contributed by atoms with Crippen LogP contribution in [0.4, 0.5) is 0 Å². The second kappa shape index (κ2) is 5.03. The van der Waals surface area contributed by atoms with Crippen molar-refractivity contribution in [2.75, 3.05) is 32.7 Å². The molecule has 16 heavy (non-hydrogen) atoms. The zero-order valence-corrected chi connectivity index (χ0v) is 11.6. The monoisotopic (exact) mass is 228 g/mol. The normalized spacial score (nSPS) is 24.4. The van der Waals surface area contributed by atoms with Crippen LogP contribution in [0.3, 0.4) is 0 Å². The minimum absolute atomic E-state index is 0.277. The van der Waals surface area contributed by atoms with Gasteiger partial charge in [-0.3, -0.25) is 9.80 Å². The van der Waals surface area contributed by atoms with Gasteiger partial charge in [0.2, 0.25) is 0 Å². The number of hydrogen-bond donors (Lipinski definition) is 1. The van der Waals surface area contributed by atoms with E-state index in [0.29, 0.717) is 0 Å². The van der Waals surface area contributed by atoms with Crippen molar-refractivity contribution in [3.63, 3.8) is 0 Å². The Morgan fingerprint density at radius 1 is 1.00 bits per heavy atom. The van der Waals surface area contributed by atoms with Gasteiger partial charge in [0, 0.05) is 38.3 Å². The Balaban J connectivity index is 2.38. The van der Waals surface area contributed by atoms with Gasteiger partial charge in [-0.25, -0.2) is 0 Å². The van der Waals surface area contributed by atoms with Crippen LogP contribution in [0.25, 0.3) is 0 Å². The van der Waals surface area contributed by atoms with E-state index >= 15 is 0 Å². The summed E-state index contributed by atoms with van der Waals surface area (Å²) in [6, 6.07) is 0. The molecule has 3 heteroatoms. The minimum atomic E-state index is -0.524. The van der Waals surface area contributed by atoms with Crippen LogP contribution in [0.2, 0.25) is 0 Å². The maximum absolute atomic E-state index is 10.0. The number of β-amino-alcohol motifs (C(OH)–C–C–N with tert-alkyl or cyclic N) is 1. The van der Waals surface area contributed by atoms with Gasteiger partial charge in [0.15, 0.2) is 0 Å². The van der Waals surface area contributed by atoms with Gasteiger partial charge in [0.05, 0.1) is 5.60 Å². The topological polar surface area (TPSA) is 26.7 Å². The molecular formula is C13H28N2O. The molecule has 1 rings (SSSR count). The standard InChI is InChI=1S/C13H28N2O/c1-6-13(5,16)11-14-7-9-15(10-8-14)12(2,3)4/h16H,6-11H2,1-5H3. The SMILES string of the molecule is CCC(C)(O)CN1CCN(C(C)(C)C)CC1. The molecule has 1 atom stereocenters. The van der Waals surface area contributed by atoms with Crippen LogP contribution in [0, 0.1) is 0 Å². The second-order valence-electron chi connectivity index (χ2n) is 6.28. The lowest BCUT2D eigenvalue weighted by molar-refractivity contribution is -0.0106. The van der Waals surface area contributed by atoms with Crippen molar-refractivity contribution in [3.8, 4) is 0 Å². The smallest absolute Gasteiger partial charge is 0.0743 e. The van der Waals surface area contributed by atoms with Gasteiger partial charge >= 0.3 is 0 Å². The Labute approximate surface area is 100 Å². The average Bonchev–Trinajstić information content (AvgIpc) is 2.16. The Hall–Kier alpha value is -0.120. The highest BCUT2D eigenvalue weighted by atomic mass is 16.3. The molecule has 0 aromatic rings. The van der Waals surface area contributed by atoms with Gasteiger partial charge in [-0.15, -0.1) is 0 Å². The predicted octanol–water partition coefficient (Wildman–Crippen LogP) is 1.56. The first-order valence-corrected chi connectivity index (χ1v) is 6.44. The molecule has 1 unspecified atom stereocenters. The average molecular weight is 228 g/mol. The van der Waals surface area contributed by atoms with E-state index in [9.17, 15) is 5.11 Å². The summed E-state index contributed by atoms with van der Waals surface area (Å²) < 4.78 is 0. The van der Waals surface area contributed by atoms with Gasteiger partial charge in [0.1, 0.15) is 0 Å².